The summed E-state index contributed by atoms with van der Waals surface area (Å²) >= 11 is 0. The molecule has 2 aliphatic carbocycles. The number of aromatic nitrogens is 5. The smallest absolute Gasteiger partial charge is 0.240 e. The second kappa shape index (κ2) is 11.9. The first-order valence-electron chi connectivity index (χ1n) is 19.8. The average Bonchev–Trinajstić information content (AvgIpc) is 3.86. The molecule has 7 aromatic carbocycles. The molecule has 0 radical (unpaired) electrons. The van der Waals surface area contributed by atoms with Crippen LogP contribution < -0.4 is 0 Å². The monoisotopic (exact) mass is 731 g/mol. The highest BCUT2D eigenvalue weighted by molar-refractivity contribution is 6.12. The molecule has 0 saturated heterocycles. The van der Waals surface area contributed by atoms with E-state index in [4.69, 9.17) is 15.0 Å². The molecule has 5 nitrogen and oxygen atoms in total. The fraction of sp³-hybridized carbons (Fsp3) is 0.0962. The van der Waals surface area contributed by atoms with E-state index in [1.807, 2.05) is 0 Å². The summed E-state index contributed by atoms with van der Waals surface area (Å²) in [6.45, 7) is 4.75. The molecule has 0 spiro atoms. The summed E-state index contributed by atoms with van der Waals surface area (Å²) in [5.74, 6) is 2.13. The second-order valence-electron chi connectivity index (χ2n) is 16.0. The molecule has 3 aromatic heterocycles. The van der Waals surface area contributed by atoms with Gasteiger partial charge < -0.3 is 0 Å². The van der Waals surface area contributed by atoms with Crippen LogP contribution in [0.3, 0.4) is 0 Å². The van der Waals surface area contributed by atoms with Crippen molar-refractivity contribution in [1.82, 2.24) is 24.1 Å². The lowest BCUT2D eigenvalue weighted by Crippen LogP contribution is -2.17. The van der Waals surface area contributed by atoms with Crippen molar-refractivity contribution in [2.24, 2.45) is 0 Å². The van der Waals surface area contributed by atoms with Crippen molar-refractivity contribution in [2.45, 2.75) is 31.6 Å². The van der Waals surface area contributed by atoms with Crippen molar-refractivity contribution in [3.05, 3.63) is 192 Å². The molecule has 0 amide bonds. The van der Waals surface area contributed by atoms with Gasteiger partial charge in [-0.25, -0.2) is 0 Å². The molecule has 0 saturated carbocycles. The van der Waals surface area contributed by atoms with Crippen molar-refractivity contribution >= 4 is 60.0 Å². The van der Waals surface area contributed by atoms with E-state index in [1.54, 1.807) is 0 Å². The van der Waals surface area contributed by atoms with Crippen LogP contribution in [-0.4, -0.2) is 24.1 Å². The molecule has 0 N–H and O–H groups in total. The normalized spacial score (nSPS) is 16.0. The maximum atomic E-state index is 5.47. The quantitative estimate of drug-likeness (QED) is 0.181. The standard InChI is InChI=1S/C52H37N5/c1-52(2)43-22-9-5-16-37(43)42-31-34(28-29-44(42)52)36-20-13-21-41-40-19-8-12-25-47(40)57(48(36)41)51-54-49(35-27-26-32-14-3-4-15-33(32)30-35)53-50(55-51)56-45-23-10-6-17-38(45)39-18-7-11-24-46(39)56/h3-30,42H,31H2,1-2H3. The zero-order chi connectivity index (χ0) is 37.8. The topological polar surface area (TPSA) is 48.5 Å². The number of hydrogen-bond acceptors (Lipinski definition) is 3. The first-order valence-corrected chi connectivity index (χ1v) is 19.8. The molecule has 270 valence electrons. The zero-order valence-electron chi connectivity index (χ0n) is 31.7. The summed E-state index contributed by atoms with van der Waals surface area (Å²) in [5, 5.41) is 6.99. The van der Waals surface area contributed by atoms with Crippen LogP contribution in [-0.2, 0) is 5.41 Å². The van der Waals surface area contributed by atoms with E-state index in [0.717, 1.165) is 50.2 Å². The van der Waals surface area contributed by atoms with E-state index in [1.165, 1.54) is 44.0 Å². The fourth-order valence-corrected chi connectivity index (χ4v) is 9.99. The van der Waals surface area contributed by atoms with E-state index in [9.17, 15) is 0 Å². The van der Waals surface area contributed by atoms with E-state index >= 15 is 0 Å². The molecular formula is C52H37N5. The van der Waals surface area contributed by atoms with Gasteiger partial charge in [0.25, 0.3) is 0 Å². The van der Waals surface area contributed by atoms with Gasteiger partial charge >= 0.3 is 0 Å². The highest BCUT2D eigenvalue weighted by Crippen LogP contribution is 2.55. The first-order chi connectivity index (χ1) is 28.0. The molecule has 0 bridgehead atoms. The molecule has 5 heteroatoms. The lowest BCUT2D eigenvalue weighted by Gasteiger charge is -2.27. The maximum absolute atomic E-state index is 5.47. The van der Waals surface area contributed by atoms with Gasteiger partial charge in [0.05, 0.1) is 22.1 Å². The van der Waals surface area contributed by atoms with Crippen LogP contribution in [0.4, 0.5) is 0 Å². The predicted molar refractivity (Wildman–Crippen MR) is 234 cm³/mol. The van der Waals surface area contributed by atoms with Gasteiger partial charge in [-0.1, -0.05) is 165 Å². The van der Waals surface area contributed by atoms with Crippen LogP contribution in [0.5, 0.6) is 0 Å². The third kappa shape index (κ3) is 4.66. The summed E-state index contributed by atoms with van der Waals surface area (Å²) in [4.78, 5) is 16.2. The molecule has 12 rings (SSSR count). The molecule has 3 heterocycles. The minimum Gasteiger partial charge on any atom is -0.278 e. The van der Waals surface area contributed by atoms with Gasteiger partial charge in [0.15, 0.2) is 5.82 Å². The van der Waals surface area contributed by atoms with Gasteiger partial charge in [-0.15, -0.1) is 0 Å². The summed E-state index contributed by atoms with van der Waals surface area (Å²) in [5.41, 5.74) is 12.1. The summed E-state index contributed by atoms with van der Waals surface area (Å²) in [7, 11) is 0. The predicted octanol–water partition coefficient (Wildman–Crippen LogP) is 12.7. The molecule has 2 aliphatic rings. The Morgan fingerprint density at radius 2 is 1.12 bits per heavy atom. The summed E-state index contributed by atoms with van der Waals surface area (Å²) in [6, 6.07) is 56.4. The van der Waals surface area contributed by atoms with E-state index in [0.29, 0.717) is 23.6 Å². The Kier molecular flexibility index (Phi) is 6.74. The van der Waals surface area contributed by atoms with Gasteiger partial charge in [-0.2, -0.15) is 15.0 Å². The Balaban J connectivity index is 1.14. The average molecular weight is 732 g/mol. The van der Waals surface area contributed by atoms with Crippen LogP contribution in [0.1, 0.15) is 42.9 Å². The Bertz CT molecular complexity index is 3320. The van der Waals surface area contributed by atoms with Crippen LogP contribution in [0, 0.1) is 0 Å². The second-order valence-corrected chi connectivity index (χ2v) is 16.0. The highest BCUT2D eigenvalue weighted by atomic mass is 15.3. The molecule has 10 aromatic rings. The van der Waals surface area contributed by atoms with Crippen molar-refractivity contribution < 1.29 is 0 Å². The number of rotatable bonds is 4. The van der Waals surface area contributed by atoms with Crippen LogP contribution in [0.2, 0.25) is 0 Å². The van der Waals surface area contributed by atoms with E-state index in [2.05, 4.69) is 193 Å². The number of para-hydroxylation sites is 4. The maximum Gasteiger partial charge on any atom is 0.240 e. The number of allylic oxidation sites excluding steroid dienone is 4. The van der Waals surface area contributed by atoms with Crippen LogP contribution in [0.25, 0.3) is 83.2 Å². The molecular weight excluding hydrogens is 695 g/mol. The van der Waals surface area contributed by atoms with Gasteiger partial charge in [-0.05, 0) is 58.2 Å². The number of hydrogen-bond donors (Lipinski definition) is 0. The van der Waals surface area contributed by atoms with Gasteiger partial charge in [0, 0.05) is 44.0 Å². The minimum absolute atomic E-state index is 0.00253. The Hall–Kier alpha value is -7.11. The first kappa shape index (κ1) is 32.2. The number of benzene rings is 7. The minimum atomic E-state index is -0.00253. The third-order valence-electron chi connectivity index (χ3n) is 12.6. The van der Waals surface area contributed by atoms with Crippen molar-refractivity contribution in [3.8, 4) is 23.3 Å². The third-order valence-corrected chi connectivity index (χ3v) is 12.6. The number of nitrogens with zero attached hydrogens (tertiary/aromatic N) is 5. The van der Waals surface area contributed by atoms with Crippen molar-refractivity contribution in [1.29, 1.82) is 0 Å². The molecule has 0 aliphatic heterocycles. The van der Waals surface area contributed by atoms with Gasteiger partial charge in [0.1, 0.15) is 0 Å². The molecule has 57 heavy (non-hydrogen) atoms. The van der Waals surface area contributed by atoms with Gasteiger partial charge in [0.2, 0.25) is 11.9 Å². The Morgan fingerprint density at radius 1 is 0.526 bits per heavy atom. The Morgan fingerprint density at radius 3 is 1.88 bits per heavy atom. The van der Waals surface area contributed by atoms with E-state index < -0.39 is 0 Å². The van der Waals surface area contributed by atoms with E-state index in [-0.39, 0.29) is 5.41 Å². The van der Waals surface area contributed by atoms with Crippen LogP contribution in [0.15, 0.2) is 175 Å². The SMILES string of the molecule is CC1(C)C2=CC=C(c3cccc4c5ccccc5n(-c5nc(-c6ccc7ccccc7c6)nc(-n6c7ccccc7c7ccccc76)n5)c34)CC2c2ccccc21. The van der Waals surface area contributed by atoms with Gasteiger partial charge in [-0.3, -0.25) is 9.13 Å². The fourth-order valence-electron chi connectivity index (χ4n) is 9.99. The summed E-state index contributed by atoms with van der Waals surface area (Å²) in [6.07, 6.45) is 5.70. The number of fused-ring (bicyclic) bond motifs is 10. The molecule has 0 fully saturated rings. The van der Waals surface area contributed by atoms with Crippen molar-refractivity contribution in [2.75, 3.05) is 0 Å². The zero-order valence-corrected chi connectivity index (χ0v) is 31.7. The Labute approximate surface area is 329 Å². The lowest BCUT2D eigenvalue weighted by atomic mass is 9.76. The molecule has 1 atom stereocenters. The van der Waals surface area contributed by atoms with Crippen molar-refractivity contribution in [3.63, 3.8) is 0 Å². The highest BCUT2D eigenvalue weighted by Gasteiger charge is 2.42. The lowest BCUT2D eigenvalue weighted by molar-refractivity contribution is 0.615. The molecule has 1 unspecified atom stereocenters. The largest absolute Gasteiger partial charge is 0.278 e. The summed E-state index contributed by atoms with van der Waals surface area (Å²) < 4.78 is 4.49. The van der Waals surface area contributed by atoms with Crippen LogP contribution >= 0.6 is 0 Å².